The molecular weight excluding hydrogens is 265 g/mol. The summed E-state index contributed by atoms with van der Waals surface area (Å²) in [5.74, 6) is -0.178. The maximum absolute atomic E-state index is 14.3. The molecule has 0 amide bonds. The fourth-order valence-corrected chi connectivity index (χ4v) is 2.24. The minimum Gasteiger partial charge on any atom is -0.364 e. The summed E-state index contributed by atoms with van der Waals surface area (Å²) in [4.78, 5) is 6.30. The van der Waals surface area contributed by atoms with Crippen LogP contribution in [-0.2, 0) is 13.1 Å². The largest absolute Gasteiger partial charge is 0.364 e. The Bertz CT molecular complexity index is 557. The fraction of sp³-hybridized carbons (Fsp3) is 0.353. The molecule has 2 aromatic rings. The lowest BCUT2D eigenvalue weighted by atomic mass is 10.1. The zero-order chi connectivity index (χ0) is 15.1. The number of pyridine rings is 1. The molecule has 0 unspecified atom stereocenters. The van der Waals surface area contributed by atoms with Crippen molar-refractivity contribution in [3.63, 3.8) is 0 Å². The summed E-state index contributed by atoms with van der Waals surface area (Å²) in [5.41, 5.74) is 2.53. The molecule has 0 aliphatic carbocycles. The summed E-state index contributed by atoms with van der Waals surface area (Å²) < 4.78 is 14.3. The molecule has 112 valence electrons. The highest BCUT2D eigenvalue weighted by atomic mass is 19.1. The Hall–Kier alpha value is -1.94. The molecule has 3 nitrogen and oxygen atoms in total. The maximum atomic E-state index is 14.3. The molecule has 0 fully saturated rings. The van der Waals surface area contributed by atoms with E-state index in [1.807, 2.05) is 49.1 Å². The van der Waals surface area contributed by atoms with E-state index in [-0.39, 0.29) is 5.82 Å². The summed E-state index contributed by atoms with van der Waals surface area (Å²) in [7, 11) is 0. The number of aromatic nitrogens is 1. The van der Waals surface area contributed by atoms with Crippen LogP contribution in [0.5, 0.6) is 0 Å². The Morgan fingerprint density at radius 3 is 2.67 bits per heavy atom. The van der Waals surface area contributed by atoms with Crippen molar-refractivity contribution in [2.24, 2.45) is 0 Å². The average Bonchev–Trinajstić information content (AvgIpc) is 2.52. The minimum absolute atomic E-state index is 0.178. The van der Waals surface area contributed by atoms with Crippen LogP contribution in [0.15, 0.2) is 42.6 Å². The normalized spacial score (nSPS) is 10.6. The number of benzene rings is 1. The fourth-order valence-electron chi connectivity index (χ4n) is 2.24. The first-order chi connectivity index (χ1) is 10.2. The zero-order valence-corrected chi connectivity index (χ0v) is 12.6. The zero-order valence-electron chi connectivity index (χ0n) is 12.6. The van der Waals surface area contributed by atoms with E-state index in [0.717, 1.165) is 24.3 Å². The summed E-state index contributed by atoms with van der Waals surface area (Å²) in [6.45, 7) is 6.98. The van der Waals surface area contributed by atoms with E-state index in [0.29, 0.717) is 18.8 Å². The molecule has 21 heavy (non-hydrogen) atoms. The second-order valence-corrected chi connectivity index (χ2v) is 4.90. The van der Waals surface area contributed by atoms with E-state index in [2.05, 4.69) is 10.3 Å². The topological polar surface area (TPSA) is 28.2 Å². The highest BCUT2D eigenvalue weighted by molar-refractivity contribution is 5.49. The lowest BCUT2D eigenvalue weighted by Crippen LogP contribution is -2.23. The molecule has 1 aromatic carbocycles. The number of hydrogen-bond donors (Lipinski definition) is 1. The van der Waals surface area contributed by atoms with Gasteiger partial charge in [-0.15, -0.1) is 0 Å². The average molecular weight is 287 g/mol. The Morgan fingerprint density at radius 2 is 2.05 bits per heavy atom. The molecule has 1 N–H and O–H groups in total. The third kappa shape index (κ3) is 4.26. The predicted octanol–water partition coefficient (Wildman–Crippen LogP) is 3.36. The van der Waals surface area contributed by atoms with Gasteiger partial charge in [-0.3, -0.25) is 4.98 Å². The monoisotopic (exact) mass is 287 g/mol. The number of hydrogen-bond acceptors (Lipinski definition) is 3. The number of anilines is 1. The Balaban J connectivity index is 2.14. The van der Waals surface area contributed by atoms with Gasteiger partial charge in [-0.1, -0.05) is 19.1 Å². The summed E-state index contributed by atoms with van der Waals surface area (Å²) in [5, 5.41) is 3.20. The number of nitrogens with zero attached hydrogens (tertiary/aromatic N) is 2. The molecular formula is C17H22FN3. The van der Waals surface area contributed by atoms with E-state index in [4.69, 9.17) is 0 Å². The first kappa shape index (κ1) is 15.4. The third-order valence-electron chi connectivity index (χ3n) is 3.39. The van der Waals surface area contributed by atoms with Crippen LogP contribution in [0, 0.1) is 5.82 Å². The molecule has 0 saturated heterocycles. The molecule has 0 bridgehead atoms. The van der Waals surface area contributed by atoms with Gasteiger partial charge in [0.15, 0.2) is 0 Å². The van der Waals surface area contributed by atoms with Crippen molar-refractivity contribution in [3.8, 4) is 0 Å². The summed E-state index contributed by atoms with van der Waals surface area (Å²) in [6, 6.07) is 11.2. The van der Waals surface area contributed by atoms with Crippen molar-refractivity contribution in [1.29, 1.82) is 0 Å². The molecule has 0 saturated carbocycles. The summed E-state index contributed by atoms with van der Waals surface area (Å²) in [6.07, 6.45) is 1.76. The van der Waals surface area contributed by atoms with E-state index in [1.165, 1.54) is 0 Å². The highest BCUT2D eigenvalue weighted by Crippen LogP contribution is 2.22. The maximum Gasteiger partial charge on any atom is 0.146 e. The molecule has 0 aliphatic rings. The minimum atomic E-state index is -0.178. The van der Waals surface area contributed by atoms with Gasteiger partial charge >= 0.3 is 0 Å². The molecule has 0 spiro atoms. The van der Waals surface area contributed by atoms with E-state index < -0.39 is 0 Å². The Labute approximate surface area is 125 Å². The van der Waals surface area contributed by atoms with Gasteiger partial charge in [0.05, 0.1) is 17.9 Å². The van der Waals surface area contributed by atoms with Gasteiger partial charge in [-0.25, -0.2) is 4.39 Å². The van der Waals surface area contributed by atoms with Crippen LogP contribution in [0.25, 0.3) is 0 Å². The molecule has 0 aliphatic heterocycles. The van der Waals surface area contributed by atoms with Crippen LogP contribution in [-0.4, -0.2) is 18.1 Å². The van der Waals surface area contributed by atoms with E-state index in [1.54, 1.807) is 12.3 Å². The molecule has 0 atom stereocenters. The lowest BCUT2D eigenvalue weighted by Gasteiger charge is -2.23. The van der Waals surface area contributed by atoms with E-state index in [9.17, 15) is 4.39 Å². The first-order valence-corrected chi connectivity index (χ1v) is 7.38. The standard InChI is InChI=1S/C17H22FN3/c1-3-19-12-14-8-9-17(16(18)11-14)21(4-2)13-15-7-5-6-10-20-15/h5-11,19H,3-4,12-13H2,1-2H3. The lowest BCUT2D eigenvalue weighted by molar-refractivity contribution is 0.612. The molecule has 0 radical (unpaired) electrons. The van der Waals surface area contributed by atoms with Crippen molar-refractivity contribution in [3.05, 3.63) is 59.7 Å². The second kappa shape index (κ2) is 7.74. The van der Waals surface area contributed by atoms with Gasteiger partial charge in [0.25, 0.3) is 0 Å². The van der Waals surface area contributed by atoms with Crippen molar-refractivity contribution < 1.29 is 4.39 Å². The van der Waals surface area contributed by atoms with Crippen molar-refractivity contribution in [2.45, 2.75) is 26.9 Å². The molecule has 1 aromatic heterocycles. The predicted molar refractivity (Wildman–Crippen MR) is 84.7 cm³/mol. The third-order valence-corrected chi connectivity index (χ3v) is 3.39. The van der Waals surface area contributed by atoms with Crippen molar-refractivity contribution in [1.82, 2.24) is 10.3 Å². The smallest absolute Gasteiger partial charge is 0.146 e. The van der Waals surface area contributed by atoms with Crippen LogP contribution in [0.4, 0.5) is 10.1 Å². The number of halogens is 1. The van der Waals surface area contributed by atoms with Crippen molar-refractivity contribution in [2.75, 3.05) is 18.0 Å². The van der Waals surface area contributed by atoms with Crippen LogP contribution in [0.3, 0.4) is 0 Å². The van der Waals surface area contributed by atoms with Gasteiger partial charge < -0.3 is 10.2 Å². The Kier molecular flexibility index (Phi) is 5.69. The molecule has 4 heteroatoms. The Morgan fingerprint density at radius 1 is 1.19 bits per heavy atom. The van der Waals surface area contributed by atoms with Gasteiger partial charge in [0.1, 0.15) is 5.82 Å². The number of rotatable bonds is 7. The van der Waals surface area contributed by atoms with Gasteiger partial charge in [0.2, 0.25) is 0 Å². The second-order valence-electron chi connectivity index (χ2n) is 4.90. The van der Waals surface area contributed by atoms with Crippen LogP contribution in [0.1, 0.15) is 25.1 Å². The summed E-state index contributed by atoms with van der Waals surface area (Å²) >= 11 is 0. The van der Waals surface area contributed by atoms with Gasteiger partial charge in [-0.05, 0) is 43.3 Å². The van der Waals surface area contributed by atoms with Crippen LogP contribution in [0.2, 0.25) is 0 Å². The van der Waals surface area contributed by atoms with E-state index >= 15 is 0 Å². The van der Waals surface area contributed by atoms with Gasteiger partial charge in [0, 0.05) is 19.3 Å². The van der Waals surface area contributed by atoms with Crippen LogP contribution >= 0.6 is 0 Å². The first-order valence-electron chi connectivity index (χ1n) is 7.38. The quantitative estimate of drug-likeness (QED) is 0.846. The molecule has 1 heterocycles. The highest BCUT2D eigenvalue weighted by Gasteiger charge is 2.11. The van der Waals surface area contributed by atoms with Crippen molar-refractivity contribution >= 4 is 5.69 Å². The SMILES string of the molecule is CCNCc1ccc(N(CC)Cc2ccccn2)c(F)c1. The van der Waals surface area contributed by atoms with Gasteiger partial charge in [-0.2, -0.15) is 0 Å². The number of nitrogens with one attached hydrogen (secondary N) is 1. The molecule has 2 rings (SSSR count). The van der Waals surface area contributed by atoms with Crippen LogP contribution < -0.4 is 10.2 Å².